The topological polar surface area (TPSA) is 88.4 Å². The summed E-state index contributed by atoms with van der Waals surface area (Å²) in [5.41, 5.74) is -1.42. The van der Waals surface area contributed by atoms with Crippen LogP contribution in [0, 0.1) is 0 Å². The Balaban J connectivity index is 1.57. The molecule has 0 aliphatic carbocycles. The highest BCUT2D eigenvalue weighted by atomic mass is 19.4. The monoisotopic (exact) mass is 458 g/mol. The van der Waals surface area contributed by atoms with Gasteiger partial charge in [0.15, 0.2) is 11.5 Å². The summed E-state index contributed by atoms with van der Waals surface area (Å²) in [5.74, 6) is -0.579. The number of rotatable bonds is 6. The Morgan fingerprint density at radius 3 is 2.39 bits per heavy atom. The van der Waals surface area contributed by atoms with Crippen molar-refractivity contribution in [2.24, 2.45) is 0 Å². The van der Waals surface area contributed by atoms with Crippen LogP contribution in [0.5, 0.6) is 11.6 Å². The molecule has 0 saturated heterocycles. The molecule has 0 amide bonds. The molecule has 2 aromatic heterocycles. The van der Waals surface area contributed by atoms with E-state index in [0.717, 1.165) is 17.0 Å². The van der Waals surface area contributed by atoms with Gasteiger partial charge in [0.25, 0.3) is 0 Å². The fourth-order valence-electron chi connectivity index (χ4n) is 3.20. The number of esters is 1. The maximum Gasteiger partial charge on any atom is 0.434 e. The molecule has 0 atom stereocenters. The molecule has 0 unspecified atom stereocenters. The second-order valence-electron chi connectivity index (χ2n) is 6.87. The Morgan fingerprint density at radius 1 is 0.970 bits per heavy atom. The van der Waals surface area contributed by atoms with E-state index >= 15 is 0 Å². The number of benzene rings is 2. The zero-order chi connectivity index (χ0) is 23.6. The first kappa shape index (κ1) is 22.1. The summed E-state index contributed by atoms with van der Waals surface area (Å²) in [6.07, 6.45) is -4.10. The quantitative estimate of drug-likeness (QED) is 0.400. The highest BCUT2D eigenvalue weighted by molar-refractivity contribution is 5.91. The van der Waals surface area contributed by atoms with Gasteiger partial charge in [-0.15, -0.1) is 10.2 Å². The third-order valence-corrected chi connectivity index (χ3v) is 4.79. The molecule has 4 aromatic rings. The van der Waals surface area contributed by atoms with Crippen LogP contribution in [-0.4, -0.2) is 40.2 Å². The minimum atomic E-state index is -4.89. The third-order valence-electron chi connectivity index (χ3n) is 4.79. The minimum Gasteiger partial charge on any atom is -0.497 e. The van der Waals surface area contributed by atoms with E-state index in [1.165, 1.54) is 19.2 Å². The van der Waals surface area contributed by atoms with E-state index < -0.39 is 23.4 Å². The van der Waals surface area contributed by atoms with E-state index in [0.29, 0.717) is 16.0 Å². The van der Waals surface area contributed by atoms with Crippen LogP contribution in [0.15, 0.2) is 54.7 Å². The summed E-state index contributed by atoms with van der Waals surface area (Å²) in [6.45, 7) is -0.217. The van der Waals surface area contributed by atoms with Gasteiger partial charge in [-0.1, -0.05) is 18.2 Å². The zero-order valence-electron chi connectivity index (χ0n) is 17.5. The second-order valence-corrected chi connectivity index (χ2v) is 6.87. The number of carbonyl (C=O) groups is 1. The highest BCUT2D eigenvalue weighted by Gasteiger charge is 2.41. The average Bonchev–Trinajstić information content (AvgIpc) is 3.28. The molecule has 0 bridgehead atoms. The van der Waals surface area contributed by atoms with Crippen LogP contribution in [-0.2, 0) is 17.5 Å². The predicted molar refractivity (Wildman–Crippen MR) is 110 cm³/mol. The Hall–Kier alpha value is -4.15. The summed E-state index contributed by atoms with van der Waals surface area (Å²) in [4.78, 5) is 12.5. The van der Waals surface area contributed by atoms with E-state index in [2.05, 4.69) is 15.3 Å². The van der Waals surface area contributed by atoms with Crippen molar-refractivity contribution in [1.82, 2.24) is 20.0 Å². The van der Waals surface area contributed by atoms with Gasteiger partial charge < -0.3 is 14.2 Å². The van der Waals surface area contributed by atoms with Crippen molar-refractivity contribution in [3.8, 4) is 17.4 Å². The van der Waals surface area contributed by atoms with Crippen molar-refractivity contribution in [2.45, 2.75) is 12.8 Å². The van der Waals surface area contributed by atoms with Gasteiger partial charge >= 0.3 is 12.1 Å². The summed E-state index contributed by atoms with van der Waals surface area (Å²) < 4.78 is 57.0. The van der Waals surface area contributed by atoms with E-state index in [1.54, 1.807) is 25.3 Å². The number of hydrogen-bond acceptors (Lipinski definition) is 7. The number of alkyl halides is 3. The zero-order valence-corrected chi connectivity index (χ0v) is 17.5. The number of nitrogens with zero attached hydrogens (tertiary/aromatic N) is 4. The van der Waals surface area contributed by atoms with E-state index in [1.807, 2.05) is 18.2 Å². The second kappa shape index (κ2) is 8.77. The van der Waals surface area contributed by atoms with E-state index in [4.69, 9.17) is 14.2 Å². The van der Waals surface area contributed by atoms with Crippen LogP contribution in [0.1, 0.15) is 21.6 Å². The number of fused-ring (bicyclic) bond motifs is 1. The summed E-state index contributed by atoms with van der Waals surface area (Å²) >= 11 is 0. The van der Waals surface area contributed by atoms with Crippen molar-refractivity contribution in [1.29, 1.82) is 0 Å². The molecule has 2 aromatic carbocycles. The lowest BCUT2D eigenvalue weighted by Gasteiger charge is -2.12. The molecule has 11 heteroatoms. The molecule has 170 valence electrons. The molecule has 0 saturated carbocycles. The molecule has 0 N–H and O–H groups in total. The van der Waals surface area contributed by atoms with Gasteiger partial charge in [-0.05, 0) is 40.6 Å². The number of hydrogen-bond donors (Lipinski definition) is 0. The molecule has 2 heterocycles. The van der Waals surface area contributed by atoms with Crippen molar-refractivity contribution >= 4 is 16.7 Å². The predicted octanol–water partition coefficient (Wildman–Crippen LogP) is 4.21. The first-order valence-corrected chi connectivity index (χ1v) is 9.57. The lowest BCUT2D eigenvalue weighted by molar-refractivity contribution is -0.143. The van der Waals surface area contributed by atoms with Crippen molar-refractivity contribution in [3.63, 3.8) is 0 Å². The Kier molecular flexibility index (Phi) is 5.86. The Bertz CT molecular complexity index is 1300. The molecular weight excluding hydrogens is 441 g/mol. The van der Waals surface area contributed by atoms with Crippen molar-refractivity contribution in [2.75, 3.05) is 14.2 Å². The maximum absolute atomic E-state index is 13.8. The molecule has 33 heavy (non-hydrogen) atoms. The van der Waals surface area contributed by atoms with Gasteiger partial charge in [0.1, 0.15) is 17.9 Å². The SMILES string of the molecule is COc1ccc2cc(COC(=O)c3cnn(-c4ccc(OC)nn4)c3C(F)(F)F)ccc2c1. The molecule has 0 aliphatic rings. The minimum absolute atomic E-state index is 0.118. The maximum atomic E-state index is 13.8. The highest BCUT2D eigenvalue weighted by Crippen LogP contribution is 2.34. The Labute approximate surface area is 185 Å². The molecule has 0 aliphatic heterocycles. The summed E-state index contributed by atoms with van der Waals surface area (Å²) in [7, 11) is 2.91. The fourth-order valence-corrected chi connectivity index (χ4v) is 3.20. The van der Waals surface area contributed by atoms with Gasteiger partial charge in [-0.3, -0.25) is 0 Å². The van der Waals surface area contributed by atoms with Crippen LogP contribution >= 0.6 is 0 Å². The molecule has 4 rings (SSSR count). The van der Waals surface area contributed by atoms with Crippen LogP contribution in [0.4, 0.5) is 13.2 Å². The van der Waals surface area contributed by atoms with Crippen LogP contribution < -0.4 is 9.47 Å². The molecule has 8 nitrogen and oxygen atoms in total. The fraction of sp³-hybridized carbons (Fsp3) is 0.182. The third kappa shape index (κ3) is 4.56. The standard InChI is InChI=1S/C22H17F3N4O4/c1-31-16-6-5-14-9-13(3-4-15(14)10-16)12-33-21(30)17-11-26-29(20(17)22(23,24)25)18-7-8-19(32-2)28-27-18/h3-11H,12H2,1-2H3. The van der Waals surface area contributed by atoms with Crippen LogP contribution in [0.2, 0.25) is 0 Å². The first-order chi connectivity index (χ1) is 15.8. The van der Waals surface area contributed by atoms with Crippen molar-refractivity contribution in [3.05, 3.63) is 71.5 Å². The van der Waals surface area contributed by atoms with Gasteiger partial charge in [0.2, 0.25) is 5.88 Å². The number of halogens is 3. The Morgan fingerprint density at radius 2 is 1.73 bits per heavy atom. The molecule has 0 radical (unpaired) electrons. The van der Waals surface area contributed by atoms with Crippen molar-refractivity contribution < 1.29 is 32.2 Å². The smallest absolute Gasteiger partial charge is 0.434 e. The van der Waals surface area contributed by atoms with Crippen LogP contribution in [0.25, 0.3) is 16.6 Å². The number of aromatic nitrogens is 4. The number of carbonyl (C=O) groups excluding carboxylic acids is 1. The summed E-state index contributed by atoms with van der Waals surface area (Å²) in [5, 5.41) is 12.8. The van der Waals surface area contributed by atoms with E-state index in [-0.39, 0.29) is 18.3 Å². The average molecular weight is 458 g/mol. The molecule has 0 spiro atoms. The van der Waals surface area contributed by atoms with Gasteiger partial charge in [-0.2, -0.15) is 18.3 Å². The van der Waals surface area contributed by atoms with Gasteiger partial charge in [0, 0.05) is 6.07 Å². The first-order valence-electron chi connectivity index (χ1n) is 9.57. The normalized spacial score (nSPS) is 11.4. The number of ether oxygens (including phenoxy) is 3. The lowest BCUT2D eigenvalue weighted by Crippen LogP contribution is -2.19. The number of methoxy groups -OCH3 is 2. The van der Waals surface area contributed by atoms with E-state index in [9.17, 15) is 18.0 Å². The summed E-state index contributed by atoms with van der Waals surface area (Å²) in [6, 6.07) is 13.3. The van der Waals surface area contributed by atoms with Gasteiger partial charge in [-0.25, -0.2) is 9.48 Å². The lowest BCUT2D eigenvalue weighted by atomic mass is 10.1. The molecule has 0 fully saturated rings. The van der Waals surface area contributed by atoms with Gasteiger partial charge in [0.05, 0.1) is 20.4 Å². The largest absolute Gasteiger partial charge is 0.497 e. The van der Waals surface area contributed by atoms with Crippen LogP contribution in [0.3, 0.4) is 0 Å². The molecular formula is C22H17F3N4O4.